The van der Waals surface area contributed by atoms with Crippen LogP contribution in [0.4, 0.5) is 0 Å². The van der Waals surface area contributed by atoms with E-state index in [0.29, 0.717) is 25.5 Å². The second-order valence-corrected chi connectivity index (χ2v) is 5.41. The number of nitrogens with zero attached hydrogens (tertiary/aromatic N) is 4. The summed E-state index contributed by atoms with van der Waals surface area (Å²) in [5.41, 5.74) is 3.01. The third kappa shape index (κ3) is 2.26. The fourth-order valence-corrected chi connectivity index (χ4v) is 2.84. The number of ether oxygens (including phenoxy) is 1. The van der Waals surface area contributed by atoms with Crippen molar-refractivity contribution in [3.63, 3.8) is 0 Å². The Kier molecular flexibility index (Phi) is 3.32. The summed E-state index contributed by atoms with van der Waals surface area (Å²) in [4.78, 5) is 23.5. The van der Waals surface area contributed by atoms with Crippen molar-refractivity contribution in [2.75, 3.05) is 32.8 Å². The highest BCUT2D eigenvalue weighted by Gasteiger charge is 2.19. The lowest BCUT2D eigenvalue weighted by molar-refractivity contribution is 0.0370. The summed E-state index contributed by atoms with van der Waals surface area (Å²) in [5.74, 6) is 0.0261. The third-order valence-corrected chi connectivity index (χ3v) is 3.99. The van der Waals surface area contributed by atoms with Gasteiger partial charge in [-0.15, -0.1) is 0 Å². The van der Waals surface area contributed by atoms with Crippen LogP contribution in [0.2, 0.25) is 0 Å². The number of carbonyl (C=O) groups is 1. The van der Waals surface area contributed by atoms with Crippen LogP contribution < -0.4 is 0 Å². The number of para-hydroxylation sites is 2. The van der Waals surface area contributed by atoms with E-state index >= 15 is 0 Å². The average molecular weight is 296 g/mol. The van der Waals surface area contributed by atoms with Crippen molar-refractivity contribution in [3.05, 3.63) is 42.5 Å². The van der Waals surface area contributed by atoms with Crippen LogP contribution in [0.15, 0.2) is 36.8 Å². The Hall–Kier alpha value is -2.31. The van der Waals surface area contributed by atoms with Gasteiger partial charge in [0.15, 0.2) is 5.78 Å². The quantitative estimate of drug-likeness (QED) is 0.684. The SMILES string of the molecule is O=C(CN1CCOCC1)c1nc2ccccc2n2cncc12. The number of benzene rings is 1. The van der Waals surface area contributed by atoms with Crippen molar-refractivity contribution in [1.29, 1.82) is 0 Å². The second-order valence-electron chi connectivity index (χ2n) is 5.41. The minimum Gasteiger partial charge on any atom is -0.379 e. The van der Waals surface area contributed by atoms with E-state index in [1.165, 1.54) is 0 Å². The Balaban J connectivity index is 1.75. The van der Waals surface area contributed by atoms with Gasteiger partial charge in [0, 0.05) is 13.1 Å². The van der Waals surface area contributed by atoms with Gasteiger partial charge in [0.2, 0.25) is 0 Å². The Morgan fingerprint density at radius 1 is 1.18 bits per heavy atom. The molecular weight excluding hydrogens is 280 g/mol. The first-order valence-corrected chi connectivity index (χ1v) is 7.37. The van der Waals surface area contributed by atoms with Gasteiger partial charge in [0.1, 0.15) is 5.69 Å². The van der Waals surface area contributed by atoms with E-state index in [1.54, 1.807) is 12.5 Å². The van der Waals surface area contributed by atoms with Gasteiger partial charge in [-0.1, -0.05) is 12.1 Å². The first-order valence-electron chi connectivity index (χ1n) is 7.37. The maximum absolute atomic E-state index is 12.7. The lowest BCUT2D eigenvalue weighted by Crippen LogP contribution is -2.39. The van der Waals surface area contributed by atoms with E-state index < -0.39 is 0 Å². The van der Waals surface area contributed by atoms with E-state index in [2.05, 4.69) is 14.9 Å². The van der Waals surface area contributed by atoms with Crippen LogP contribution in [0, 0.1) is 0 Å². The van der Waals surface area contributed by atoms with Crippen LogP contribution >= 0.6 is 0 Å². The molecule has 0 saturated carbocycles. The third-order valence-electron chi connectivity index (χ3n) is 3.99. The number of Topliss-reactive ketones (excluding diaryl/α,β-unsaturated/α-hetero) is 1. The number of hydrogen-bond acceptors (Lipinski definition) is 5. The van der Waals surface area contributed by atoms with Gasteiger partial charge < -0.3 is 4.74 Å². The lowest BCUT2D eigenvalue weighted by atomic mass is 10.2. The predicted molar refractivity (Wildman–Crippen MR) is 82.1 cm³/mol. The Bertz CT molecular complexity index is 836. The normalized spacial score (nSPS) is 16.4. The molecule has 0 unspecified atom stereocenters. The molecule has 0 spiro atoms. The molecule has 0 radical (unpaired) electrons. The molecule has 0 atom stereocenters. The Morgan fingerprint density at radius 2 is 2.00 bits per heavy atom. The number of aromatic nitrogens is 3. The molecule has 1 fully saturated rings. The highest BCUT2D eigenvalue weighted by molar-refractivity contribution is 6.03. The zero-order valence-electron chi connectivity index (χ0n) is 12.1. The minimum atomic E-state index is 0.0261. The van der Waals surface area contributed by atoms with Gasteiger partial charge in [0.05, 0.1) is 48.8 Å². The summed E-state index contributed by atoms with van der Waals surface area (Å²) in [5, 5.41) is 0. The highest BCUT2D eigenvalue weighted by atomic mass is 16.5. The van der Waals surface area contributed by atoms with Gasteiger partial charge in [0.25, 0.3) is 0 Å². The average Bonchev–Trinajstić information content (AvgIpc) is 3.05. The lowest BCUT2D eigenvalue weighted by Gasteiger charge is -2.25. The van der Waals surface area contributed by atoms with Crippen molar-refractivity contribution in [2.24, 2.45) is 0 Å². The van der Waals surface area contributed by atoms with Crippen molar-refractivity contribution < 1.29 is 9.53 Å². The number of rotatable bonds is 3. The molecule has 3 heterocycles. The van der Waals surface area contributed by atoms with Crippen molar-refractivity contribution in [2.45, 2.75) is 0 Å². The number of carbonyl (C=O) groups excluding carboxylic acids is 1. The molecule has 1 saturated heterocycles. The molecule has 4 rings (SSSR count). The van der Waals surface area contributed by atoms with E-state index in [9.17, 15) is 4.79 Å². The van der Waals surface area contributed by atoms with Gasteiger partial charge in [-0.05, 0) is 12.1 Å². The van der Waals surface area contributed by atoms with Crippen LogP contribution in [0.1, 0.15) is 10.5 Å². The Labute approximate surface area is 127 Å². The summed E-state index contributed by atoms with van der Waals surface area (Å²) >= 11 is 0. The molecule has 22 heavy (non-hydrogen) atoms. The fraction of sp³-hybridized carbons (Fsp3) is 0.312. The maximum atomic E-state index is 12.7. The van der Waals surface area contributed by atoms with Crippen molar-refractivity contribution >= 4 is 22.3 Å². The molecule has 1 aliphatic heterocycles. The number of morpholine rings is 1. The molecule has 2 aromatic heterocycles. The minimum absolute atomic E-state index is 0.0261. The van der Waals surface area contributed by atoms with E-state index in [4.69, 9.17) is 4.74 Å². The molecule has 0 bridgehead atoms. The second kappa shape index (κ2) is 5.47. The van der Waals surface area contributed by atoms with Gasteiger partial charge in [-0.3, -0.25) is 14.1 Å². The number of imidazole rings is 1. The van der Waals surface area contributed by atoms with Crippen molar-refractivity contribution in [3.8, 4) is 0 Å². The summed E-state index contributed by atoms with van der Waals surface area (Å²) in [6.45, 7) is 3.31. The Morgan fingerprint density at radius 3 is 2.86 bits per heavy atom. The predicted octanol–water partition coefficient (Wildman–Crippen LogP) is 1.40. The van der Waals surface area contributed by atoms with Crippen LogP contribution in [-0.4, -0.2) is 57.9 Å². The van der Waals surface area contributed by atoms with E-state index in [-0.39, 0.29) is 5.78 Å². The molecule has 6 nitrogen and oxygen atoms in total. The number of ketones is 1. The monoisotopic (exact) mass is 296 g/mol. The van der Waals surface area contributed by atoms with Crippen molar-refractivity contribution in [1.82, 2.24) is 19.3 Å². The van der Waals surface area contributed by atoms with E-state index in [1.807, 2.05) is 28.7 Å². The largest absolute Gasteiger partial charge is 0.379 e. The molecular formula is C16H16N4O2. The van der Waals surface area contributed by atoms with E-state index in [0.717, 1.165) is 29.6 Å². The highest BCUT2D eigenvalue weighted by Crippen LogP contribution is 2.18. The standard InChI is InChI=1S/C16H16N4O2/c21-15(10-19-5-7-22-8-6-19)16-14-9-17-11-20(14)13-4-2-1-3-12(13)18-16/h1-4,9,11H,5-8,10H2. The zero-order chi connectivity index (χ0) is 14.9. The molecule has 6 heteroatoms. The summed E-state index contributed by atoms with van der Waals surface area (Å²) in [7, 11) is 0. The maximum Gasteiger partial charge on any atom is 0.197 e. The molecule has 1 aromatic carbocycles. The molecule has 0 amide bonds. The molecule has 3 aromatic rings. The number of hydrogen-bond donors (Lipinski definition) is 0. The van der Waals surface area contributed by atoms with Crippen LogP contribution in [0.3, 0.4) is 0 Å². The smallest absolute Gasteiger partial charge is 0.197 e. The topological polar surface area (TPSA) is 59.7 Å². The summed E-state index contributed by atoms with van der Waals surface area (Å²) in [6, 6.07) is 7.78. The van der Waals surface area contributed by atoms with Crippen LogP contribution in [-0.2, 0) is 4.74 Å². The first-order chi connectivity index (χ1) is 10.8. The molecule has 1 aliphatic rings. The summed E-state index contributed by atoms with van der Waals surface area (Å²) < 4.78 is 7.25. The number of fused-ring (bicyclic) bond motifs is 3. The molecule has 0 aliphatic carbocycles. The zero-order valence-corrected chi connectivity index (χ0v) is 12.1. The van der Waals surface area contributed by atoms with Crippen LogP contribution in [0.5, 0.6) is 0 Å². The van der Waals surface area contributed by atoms with Gasteiger partial charge >= 0.3 is 0 Å². The molecule has 0 N–H and O–H groups in total. The van der Waals surface area contributed by atoms with Crippen LogP contribution in [0.25, 0.3) is 16.6 Å². The first kappa shape index (κ1) is 13.4. The summed E-state index contributed by atoms with van der Waals surface area (Å²) in [6.07, 6.45) is 3.43. The fourth-order valence-electron chi connectivity index (χ4n) is 2.84. The van der Waals surface area contributed by atoms with Gasteiger partial charge in [-0.25, -0.2) is 9.97 Å². The van der Waals surface area contributed by atoms with Gasteiger partial charge in [-0.2, -0.15) is 0 Å². The molecule has 112 valence electrons.